The number of hydrogen-bond acceptors (Lipinski definition) is 4. The molecule has 0 saturated carbocycles. The summed E-state index contributed by atoms with van der Waals surface area (Å²) in [6.07, 6.45) is -4.62. The SMILES string of the molecule is COc1cccc(-c2cc(C(=S)N(C)CC(=O)O)c3cccc(C(F)(F)F)c3n2)c1. The minimum absolute atomic E-state index is 0.105. The van der Waals surface area contributed by atoms with Gasteiger partial charge in [0.05, 0.1) is 23.9 Å². The Bertz CT molecular complexity index is 1130. The zero-order valence-electron chi connectivity index (χ0n) is 16.0. The standard InChI is InChI=1S/C21H17F3N2O3S/c1-26(11-18(27)28)20(30)15-10-17(12-5-3-6-13(9-12)29-2)25-19-14(15)7-4-8-16(19)21(22,23)24/h3-10H,11H2,1-2H3,(H,27,28). The van der Waals surface area contributed by atoms with Crippen LogP contribution < -0.4 is 4.74 Å². The number of carbonyl (C=O) groups is 1. The number of ether oxygens (including phenoxy) is 1. The average Bonchev–Trinajstić information content (AvgIpc) is 2.70. The average molecular weight is 434 g/mol. The van der Waals surface area contributed by atoms with Crippen molar-refractivity contribution in [3.05, 3.63) is 59.7 Å². The van der Waals surface area contributed by atoms with Crippen molar-refractivity contribution in [2.24, 2.45) is 0 Å². The molecule has 0 unspecified atom stereocenters. The monoisotopic (exact) mass is 434 g/mol. The van der Waals surface area contributed by atoms with Gasteiger partial charge in [-0.1, -0.05) is 36.5 Å². The Labute approximate surface area is 175 Å². The summed E-state index contributed by atoms with van der Waals surface area (Å²) in [5.74, 6) is -0.590. The number of fused-ring (bicyclic) bond motifs is 1. The number of halogens is 3. The second-order valence-corrected chi connectivity index (χ2v) is 6.93. The van der Waals surface area contributed by atoms with Crippen molar-refractivity contribution < 1.29 is 27.8 Å². The lowest BCUT2D eigenvalue weighted by atomic mass is 10.0. The quantitative estimate of drug-likeness (QED) is 0.592. The van der Waals surface area contributed by atoms with Gasteiger partial charge in [0, 0.05) is 23.6 Å². The zero-order chi connectivity index (χ0) is 22.1. The van der Waals surface area contributed by atoms with Crippen LogP contribution in [0, 0.1) is 0 Å². The number of thiocarbonyl (C=S) groups is 1. The molecule has 0 aliphatic carbocycles. The number of carboxylic acid groups (broad SMARTS) is 1. The lowest BCUT2D eigenvalue weighted by Crippen LogP contribution is -2.31. The van der Waals surface area contributed by atoms with Gasteiger partial charge in [0.2, 0.25) is 0 Å². The fourth-order valence-electron chi connectivity index (χ4n) is 3.06. The summed E-state index contributed by atoms with van der Waals surface area (Å²) in [6.45, 7) is -0.393. The molecule has 0 aliphatic rings. The van der Waals surface area contributed by atoms with Gasteiger partial charge in [-0.2, -0.15) is 13.2 Å². The van der Waals surface area contributed by atoms with Crippen molar-refractivity contribution in [1.29, 1.82) is 0 Å². The number of benzene rings is 2. The van der Waals surface area contributed by atoms with Gasteiger partial charge in [-0.3, -0.25) is 4.79 Å². The van der Waals surface area contributed by atoms with Gasteiger partial charge in [-0.15, -0.1) is 0 Å². The van der Waals surface area contributed by atoms with Crippen molar-refractivity contribution in [3.63, 3.8) is 0 Å². The number of carboxylic acids is 1. The number of nitrogens with zero attached hydrogens (tertiary/aromatic N) is 2. The fourth-order valence-corrected chi connectivity index (χ4v) is 3.30. The Hall–Kier alpha value is -3.20. The third-order valence-electron chi connectivity index (χ3n) is 4.46. The summed E-state index contributed by atoms with van der Waals surface area (Å²) in [5.41, 5.74) is -0.0545. The van der Waals surface area contributed by atoms with E-state index in [-0.39, 0.29) is 21.6 Å². The zero-order valence-corrected chi connectivity index (χ0v) is 16.8. The lowest BCUT2D eigenvalue weighted by Gasteiger charge is -2.21. The van der Waals surface area contributed by atoms with Crippen molar-refractivity contribution in [1.82, 2.24) is 9.88 Å². The van der Waals surface area contributed by atoms with Gasteiger partial charge in [0.25, 0.3) is 0 Å². The molecule has 0 amide bonds. The maximum absolute atomic E-state index is 13.7. The number of rotatable bonds is 5. The number of aromatic nitrogens is 1. The van der Waals surface area contributed by atoms with Crippen molar-refractivity contribution >= 4 is 34.1 Å². The molecule has 9 heteroatoms. The van der Waals surface area contributed by atoms with Crippen LogP contribution >= 0.6 is 12.2 Å². The summed E-state index contributed by atoms with van der Waals surface area (Å²) >= 11 is 5.41. The Balaban J connectivity index is 2.30. The van der Waals surface area contributed by atoms with Gasteiger partial charge in [-0.25, -0.2) is 4.98 Å². The maximum Gasteiger partial charge on any atom is 0.418 e. The van der Waals surface area contributed by atoms with Crippen LogP contribution in [0.4, 0.5) is 13.2 Å². The molecule has 5 nitrogen and oxygen atoms in total. The molecule has 0 radical (unpaired) electrons. The second-order valence-electron chi connectivity index (χ2n) is 6.54. The molecule has 156 valence electrons. The molecule has 0 atom stereocenters. The van der Waals surface area contributed by atoms with Crippen LogP contribution in [0.15, 0.2) is 48.5 Å². The molecule has 0 saturated heterocycles. The molecule has 0 spiro atoms. The van der Waals surface area contributed by atoms with E-state index in [9.17, 15) is 18.0 Å². The van der Waals surface area contributed by atoms with Crippen LogP contribution in [-0.2, 0) is 11.0 Å². The summed E-state index contributed by atoms with van der Waals surface area (Å²) < 4.78 is 46.2. The molecule has 3 aromatic rings. The van der Waals surface area contributed by atoms with E-state index in [1.165, 1.54) is 31.2 Å². The topological polar surface area (TPSA) is 62.7 Å². The van der Waals surface area contributed by atoms with Crippen molar-refractivity contribution in [3.8, 4) is 17.0 Å². The number of pyridine rings is 1. The Morgan fingerprint density at radius 1 is 1.20 bits per heavy atom. The van der Waals surface area contributed by atoms with Gasteiger partial charge in [0.1, 0.15) is 17.3 Å². The lowest BCUT2D eigenvalue weighted by molar-refractivity contribution is -0.137. The van der Waals surface area contributed by atoms with E-state index in [0.717, 1.165) is 6.07 Å². The van der Waals surface area contributed by atoms with Gasteiger partial charge >= 0.3 is 12.1 Å². The van der Waals surface area contributed by atoms with E-state index >= 15 is 0 Å². The smallest absolute Gasteiger partial charge is 0.418 e. The summed E-state index contributed by atoms with van der Waals surface area (Å²) in [7, 11) is 2.96. The predicted molar refractivity (Wildman–Crippen MR) is 111 cm³/mol. The molecule has 3 rings (SSSR count). The third-order valence-corrected chi connectivity index (χ3v) is 4.99. The van der Waals surface area contributed by atoms with Crippen LogP contribution in [0.2, 0.25) is 0 Å². The van der Waals surface area contributed by atoms with Gasteiger partial charge in [0.15, 0.2) is 0 Å². The normalized spacial score (nSPS) is 11.4. The van der Waals surface area contributed by atoms with Crippen LogP contribution in [0.3, 0.4) is 0 Å². The predicted octanol–water partition coefficient (Wildman–Crippen LogP) is 4.62. The van der Waals surface area contributed by atoms with Crippen molar-refractivity contribution in [2.45, 2.75) is 6.18 Å². The van der Waals surface area contributed by atoms with Crippen LogP contribution in [0.5, 0.6) is 5.75 Å². The van der Waals surface area contributed by atoms with E-state index < -0.39 is 24.3 Å². The van der Waals surface area contributed by atoms with E-state index in [0.29, 0.717) is 16.9 Å². The Kier molecular flexibility index (Phi) is 5.93. The van der Waals surface area contributed by atoms with E-state index in [2.05, 4.69) is 4.98 Å². The highest BCUT2D eigenvalue weighted by molar-refractivity contribution is 7.80. The van der Waals surface area contributed by atoms with Crippen LogP contribution in [0.25, 0.3) is 22.2 Å². The highest BCUT2D eigenvalue weighted by Gasteiger charge is 2.34. The van der Waals surface area contributed by atoms with Crippen LogP contribution in [0.1, 0.15) is 11.1 Å². The first kappa shape index (κ1) is 21.5. The number of methoxy groups -OCH3 is 1. The molecule has 0 bridgehead atoms. The molecule has 1 aromatic heterocycles. The van der Waals surface area contributed by atoms with Gasteiger partial charge in [-0.05, 0) is 24.3 Å². The number of hydrogen-bond donors (Lipinski definition) is 1. The molecule has 0 aliphatic heterocycles. The maximum atomic E-state index is 13.7. The summed E-state index contributed by atoms with van der Waals surface area (Å²) in [4.78, 5) is 16.8. The molecule has 1 N–H and O–H groups in total. The largest absolute Gasteiger partial charge is 0.497 e. The van der Waals surface area contributed by atoms with Gasteiger partial charge < -0.3 is 14.7 Å². The summed E-state index contributed by atoms with van der Waals surface area (Å²) in [6, 6.07) is 12.0. The fraction of sp³-hybridized carbons (Fsp3) is 0.190. The first-order chi connectivity index (χ1) is 14.1. The molecule has 2 aromatic carbocycles. The number of alkyl halides is 3. The molecule has 1 heterocycles. The number of likely N-dealkylation sites (N-methyl/N-ethyl adjacent to an activating group) is 1. The molecular weight excluding hydrogens is 417 g/mol. The van der Waals surface area contributed by atoms with Crippen molar-refractivity contribution in [2.75, 3.05) is 20.7 Å². The number of para-hydroxylation sites is 1. The highest BCUT2D eigenvalue weighted by atomic mass is 32.1. The van der Waals surface area contributed by atoms with E-state index in [1.54, 1.807) is 30.3 Å². The third kappa shape index (κ3) is 4.35. The minimum Gasteiger partial charge on any atom is -0.497 e. The first-order valence-electron chi connectivity index (χ1n) is 8.74. The highest BCUT2D eigenvalue weighted by Crippen LogP contribution is 2.37. The molecular formula is C21H17F3N2O3S. The molecule has 30 heavy (non-hydrogen) atoms. The number of aliphatic carboxylic acids is 1. The first-order valence-corrected chi connectivity index (χ1v) is 9.15. The second kappa shape index (κ2) is 8.27. The Morgan fingerprint density at radius 2 is 1.90 bits per heavy atom. The molecule has 0 fully saturated rings. The van der Waals surface area contributed by atoms with E-state index in [1.807, 2.05) is 0 Å². The Morgan fingerprint density at radius 3 is 2.53 bits per heavy atom. The minimum atomic E-state index is -4.62. The summed E-state index contributed by atoms with van der Waals surface area (Å²) in [5, 5.41) is 9.25. The van der Waals surface area contributed by atoms with E-state index in [4.69, 9.17) is 22.1 Å². The van der Waals surface area contributed by atoms with Crippen LogP contribution in [-0.4, -0.2) is 46.7 Å².